The summed E-state index contributed by atoms with van der Waals surface area (Å²) in [5.41, 5.74) is 1.26. The summed E-state index contributed by atoms with van der Waals surface area (Å²) in [6.07, 6.45) is 2.56. The fraction of sp³-hybridized carbons (Fsp3) is 0.625. The molecule has 0 amide bonds. The van der Waals surface area contributed by atoms with Gasteiger partial charge in [-0.25, -0.2) is 0 Å². The van der Waals surface area contributed by atoms with Crippen molar-refractivity contribution in [1.29, 1.82) is 0 Å². The van der Waals surface area contributed by atoms with Gasteiger partial charge in [0.2, 0.25) is 0 Å². The van der Waals surface area contributed by atoms with E-state index in [1.165, 1.54) is 5.56 Å². The number of ether oxygens (including phenoxy) is 1. The Balaban J connectivity index is 1.90. The maximum atomic E-state index is 6.08. The van der Waals surface area contributed by atoms with Crippen LogP contribution in [0.4, 0.5) is 0 Å². The highest BCUT2D eigenvalue weighted by Gasteiger charge is 2.17. The van der Waals surface area contributed by atoms with Crippen LogP contribution in [0.25, 0.3) is 0 Å². The summed E-state index contributed by atoms with van der Waals surface area (Å²) in [7, 11) is 2.01. The first-order chi connectivity index (χ1) is 9.69. The van der Waals surface area contributed by atoms with E-state index in [0.29, 0.717) is 12.1 Å². The Morgan fingerprint density at radius 2 is 2.35 bits per heavy atom. The molecule has 1 N–H and O–H groups in total. The van der Waals surface area contributed by atoms with Gasteiger partial charge in [-0.15, -0.1) is 0 Å². The van der Waals surface area contributed by atoms with Crippen LogP contribution in [0.3, 0.4) is 0 Å². The molecule has 0 spiro atoms. The summed E-state index contributed by atoms with van der Waals surface area (Å²) >= 11 is 6.08. The van der Waals surface area contributed by atoms with Crippen molar-refractivity contribution in [2.75, 3.05) is 33.3 Å². The molecule has 2 rings (SSSR count). The Bertz CT molecular complexity index is 413. The molecule has 1 aromatic carbocycles. The smallest absolute Gasteiger partial charge is 0.0673 e. The second kappa shape index (κ2) is 7.99. The van der Waals surface area contributed by atoms with Crippen LogP contribution in [0.5, 0.6) is 0 Å². The van der Waals surface area contributed by atoms with E-state index in [2.05, 4.69) is 29.3 Å². The van der Waals surface area contributed by atoms with Gasteiger partial charge < -0.3 is 15.0 Å². The minimum atomic E-state index is 0.344. The molecule has 3 nitrogen and oxygen atoms in total. The van der Waals surface area contributed by atoms with Crippen molar-refractivity contribution >= 4 is 11.6 Å². The lowest BCUT2D eigenvalue weighted by molar-refractivity contribution is 0.0672. The van der Waals surface area contributed by atoms with E-state index in [9.17, 15) is 0 Å². The molecule has 0 bridgehead atoms. The molecule has 0 aliphatic carbocycles. The van der Waals surface area contributed by atoms with E-state index in [4.69, 9.17) is 16.3 Å². The highest BCUT2D eigenvalue weighted by molar-refractivity contribution is 6.30. The summed E-state index contributed by atoms with van der Waals surface area (Å²) in [5, 5.41) is 4.20. The normalized spacial score (nSPS) is 22.4. The number of hydrogen-bond donors (Lipinski definition) is 1. The average molecular weight is 297 g/mol. The summed E-state index contributed by atoms with van der Waals surface area (Å²) < 4.78 is 5.69. The van der Waals surface area contributed by atoms with Crippen LogP contribution in [0.2, 0.25) is 5.02 Å². The Kier molecular flexibility index (Phi) is 6.30. The molecule has 4 heteroatoms. The van der Waals surface area contributed by atoms with Gasteiger partial charge in [-0.1, -0.05) is 23.7 Å². The van der Waals surface area contributed by atoms with Gasteiger partial charge in [-0.05, 0) is 44.5 Å². The van der Waals surface area contributed by atoms with E-state index in [1.54, 1.807) is 0 Å². The molecule has 2 atom stereocenters. The predicted octanol–water partition coefficient (Wildman–Crippen LogP) is 3.10. The van der Waals surface area contributed by atoms with Crippen LogP contribution >= 0.6 is 11.6 Å². The number of halogens is 1. The van der Waals surface area contributed by atoms with Gasteiger partial charge in [0, 0.05) is 37.3 Å². The summed E-state index contributed by atoms with van der Waals surface area (Å²) in [5.74, 6) is 0. The Hall–Kier alpha value is -0.610. The first kappa shape index (κ1) is 15.8. The third kappa shape index (κ3) is 4.74. The second-order valence-electron chi connectivity index (χ2n) is 5.52. The maximum Gasteiger partial charge on any atom is 0.0673 e. The summed E-state index contributed by atoms with van der Waals surface area (Å²) in [6, 6.07) is 8.49. The molecule has 1 aromatic rings. The second-order valence-corrected chi connectivity index (χ2v) is 5.96. The van der Waals surface area contributed by atoms with Crippen molar-refractivity contribution in [3.8, 4) is 0 Å². The topological polar surface area (TPSA) is 24.5 Å². The van der Waals surface area contributed by atoms with Gasteiger partial charge in [0.25, 0.3) is 0 Å². The number of rotatable bonds is 5. The standard InChI is InChI=1S/C16H25ClN2O/c1-13-12-19(8-4-10-20-13)9-7-16(18-2)14-5-3-6-15(17)11-14/h3,5-6,11,13,16,18H,4,7-10,12H2,1-2H3. The highest BCUT2D eigenvalue weighted by atomic mass is 35.5. The van der Waals surface area contributed by atoms with Crippen molar-refractivity contribution in [3.05, 3.63) is 34.9 Å². The molecule has 1 fully saturated rings. The van der Waals surface area contributed by atoms with Gasteiger partial charge in [-0.3, -0.25) is 0 Å². The lowest BCUT2D eigenvalue weighted by atomic mass is 10.0. The van der Waals surface area contributed by atoms with Crippen LogP contribution in [0.15, 0.2) is 24.3 Å². The molecular weight excluding hydrogens is 272 g/mol. The maximum absolute atomic E-state index is 6.08. The Labute approximate surface area is 127 Å². The van der Waals surface area contributed by atoms with Crippen LogP contribution in [0.1, 0.15) is 31.4 Å². The zero-order chi connectivity index (χ0) is 14.4. The highest BCUT2D eigenvalue weighted by Crippen LogP contribution is 2.21. The minimum Gasteiger partial charge on any atom is -0.377 e. The number of nitrogens with zero attached hydrogens (tertiary/aromatic N) is 1. The molecule has 2 unspecified atom stereocenters. The van der Waals surface area contributed by atoms with Crippen LogP contribution in [-0.4, -0.2) is 44.3 Å². The lowest BCUT2D eigenvalue weighted by Gasteiger charge is -2.25. The molecule has 1 heterocycles. The zero-order valence-electron chi connectivity index (χ0n) is 12.4. The SMILES string of the molecule is CNC(CCN1CCCOC(C)C1)c1cccc(Cl)c1. The summed E-state index contributed by atoms with van der Waals surface area (Å²) in [6.45, 7) is 6.31. The fourth-order valence-corrected chi connectivity index (χ4v) is 2.99. The van der Waals surface area contributed by atoms with E-state index >= 15 is 0 Å². The average Bonchev–Trinajstić information content (AvgIpc) is 2.64. The molecule has 0 radical (unpaired) electrons. The van der Waals surface area contributed by atoms with Crippen molar-refractivity contribution in [1.82, 2.24) is 10.2 Å². The third-order valence-electron chi connectivity index (χ3n) is 3.87. The monoisotopic (exact) mass is 296 g/mol. The molecule has 0 saturated carbocycles. The molecule has 112 valence electrons. The van der Waals surface area contributed by atoms with Gasteiger partial charge in [-0.2, -0.15) is 0 Å². The largest absolute Gasteiger partial charge is 0.377 e. The molecule has 1 saturated heterocycles. The van der Waals surface area contributed by atoms with Crippen LogP contribution in [-0.2, 0) is 4.74 Å². The first-order valence-electron chi connectivity index (χ1n) is 7.45. The quantitative estimate of drug-likeness (QED) is 0.903. The predicted molar refractivity (Wildman–Crippen MR) is 84.3 cm³/mol. The van der Waals surface area contributed by atoms with Crippen molar-refractivity contribution in [2.45, 2.75) is 31.9 Å². The van der Waals surface area contributed by atoms with Crippen LogP contribution < -0.4 is 5.32 Å². The summed E-state index contributed by atoms with van der Waals surface area (Å²) in [4.78, 5) is 2.51. The lowest BCUT2D eigenvalue weighted by Crippen LogP contribution is -2.33. The third-order valence-corrected chi connectivity index (χ3v) is 4.10. The van der Waals surface area contributed by atoms with E-state index in [0.717, 1.165) is 44.1 Å². The first-order valence-corrected chi connectivity index (χ1v) is 7.83. The zero-order valence-corrected chi connectivity index (χ0v) is 13.2. The van der Waals surface area contributed by atoms with Gasteiger partial charge in [0.05, 0.1) is 6.10 Å². The molecule has 20 heavy (non-hydrogen) atoms. The molecule has 1 aliphatic heterocycles. The molecule has 1 aliphatic rings. The fourth-order valence-electron chi connectivity index (χ4n) is 2.80. The minimum absolute atomic E-state index is 0.344. The van der Waals surface area contributed by atoms with Gasteiger partial charge >= 0.3 is 0 Å². The van der Waals surface area contributed by atoms with Crippen LogP contribution in [0, 0.1) is 0 Å². The Morgan fingerprint density at radius 1 is 1.50 bits per heavy atom. The van der Waals surface area contributed by atoms with E-state index in [1.807, 2.05) is 19.2 Å². The van der Waals surface area contributed by atoms with E-state index < -0.39 is 0 Å². The number of hydrogen-bond acceptors (Lipinski definition) is 3. The van der Waals surface area contributed by atoms with E-state index in [-0.39, 0.29) is 0 Å². The number of benzene rings is 1. The van der Waals surface area contributed by atoms with Crippen molar-refractivity contribution in [2.24, 2.45) is 0 Å². The molecular formula is C16H25ClN2O. The van der Waals surface area contributed by atoms with Crippen molar-refractivity contribution < 1.29 is 4.74 Å². The van der Waals surface area contributed by atoms with Gasteiger partial charge in [0.1, 0.15) is 0 Å². The van der Waals surface area contributed by atoms with Crippen molar-refractivity contribution in [3.63, 3.8) is 0 Å². The Morgan fingerprint density at radius 3 is 3.10 bits per heavy atom. The number of nitrogens with one attached hydrogen (secondary N) is 1. The van der Waals surface area contributed by atoms with Gasteiger partial charge in [0.15, 0.2) is 0 Å². The molecule has 0 aromatic heterocycles.